The van der Waals surface area contributed by atoms with Crippen LogP contribution in [0.25, 0.3) is 0 Å². The van der Waals surface area contributed by atoms with Crippen molar-refractivity contribution in [2.75, 3.05) is 6.54 Å². The fourth-order valence-electron chi connectivity index (χ4n) is 2.55. The SMILES string of the molecule is C#CC(C)NC(CN)c1cccc2c1OC(C)(C)C2. The molecule has 2 atom stereocenters. The minimum atomic E-state index is -0.144. The number of ether oxygens (including phenoxy) is 1. The molecular weight excluding hydrogens is 236 g/mol. The summed E-state index contributed by atoms with van der Waals surface area (Å²) in [4.78, 5) is 0. The molecule has 102 valence electrons. The molecule has 3 heteroatoms. The number of hydrogen-bond donors (Lipinski definition) is 2. The van der Waals surface area contributed by atoms with Gasteiger partial charge in [-0.1, -0.05) is 24.1 Å². The Morgan fingerprint density at radius 3 is 2.89 bits per heavy atom. The van der Waals surface area contributed by atoms with E-state index in [9.17, 15) is 0 Å². The van der Waals surface area contributed by atoms with Gasteiger partial charge in [0.2, 0.25) is 0 Å². The van der Waals surface area contributed by atoms with Crippen LogP contribution in [0.5, 0.6) is 5.75 Å². The molecule has 19 heavy (non-hydrogen) atoms. The number of nitrogens with two attached hydrogens (primary N) is 1. The monoisotopic (exact) mass is 258 g/mol. The lowest BCUT2D eigenvalue weighted by molar-refractivity contribution is 0.136. The zero-order valence-electron chi connectivity index (χ0n) is 11.9. The minimum Gasteiger partial charge on any atom is -0.487 e. The van der Waals surface area contributed by atoms with E-state index in [0.29, 0.717) is 6.54 Å². The highest BCUT2D eigenvalue weighted by atomic mass is 16.5. The van der Waals surface area contributed by atoms with Crippen molar-refractivity contribution in [3.63, 3.8) is 0 Å². The van der Waals surface area contributed by atoms with Gasteiger partial charge in [0, 0.05) is 24.6 Å². The molecule has 1 aliphatic heterocycles. The van der Waals surface area contributed by atoms with Crippen LogP contribution in [0.4, 0.5) is 0 Å². The van der Waals surface area contributed by atoms with Crippen LogP contribution in [0, 0.1) is 12.3 Å². The van der Waals surface area contributed by atoms with Gasteiger partial charge in [-0.05, 0) is 26.3 Å². The molecule has 0 spiro atoms. The molecule has 3 N–H and O–H groups in total. The summed E-state index contributed by atoms with van der Waals surface area (Å²) in [5.41, 5.74) is 8.09. The van der Waals surface area contributed by atoms with Crippen molar-refractivity contribution in [3.8, 4) is 18.1 Å². The first-order chi connectivity index (χ1) is 8.96. The van der Waals surface area contributed by atoms with Gasteiger partial charge < -0.3 is 10.5 Å². The Kier molecular flexibility index (Phi) is 3.84. The maximum Gasteiger partial charge on any atom is 0.128 e. The molecule has 0 radical (unpaired) electrons. The summed E-state index contributed by atoms with van der Waals surface area (Å²) in [6.07, 6.45) is 6.35. The minimum absolute atomic E-state index is 0.0150. The highest BCUT2D eigenvalue weighted by molar-refractivity contribution is 5.47. The molecule has 0 saturated heterocycles. The Hall–Kier alpha value is -1.50. The second-order valence-electron chi connectivity index (χ2n) is 5.72. The van der Waals surface area contributed by atoms with Crippen molar-refractivity contribution >= 4 is 0 Å². The lowest BCUT2D eigenvalue weighted by Gasteiger charge is -2.23. The van der Waals surface area contributed by atoms with Crippen molar-refractivity contribution in [1.82, 2.24) is 5.32 Å². The van der Waals surface area contributed by atoms with Crippen LogP contribution in [0.1, 0.15) is 37.9 Å². The van der Waals surface area contributed by atoms with Gasteiger partial charge in [0.1, 0.15) is 11.4 Å². The third kappa shape index (κ3) is 2.91. The highest BCUT2D eigenvalue weighted by Gasteiger charge is 2.33. The van der Waals surface area contributed by atoms with Gasteiger partial charge in [-0.25, -0.2) is 0 Å². The molecule has 1 heterocycles. The summed E-state index contributed by atoms with van der Waals surface area (Å²) >= 11 is 0. The summed E-state index contributed by atoms with van der Waals surface area (Å²) in [5.74, 6) is 3.65. The van der Waals surface area contributed by atoms with E-state index in [-0.39, 0.29) is 17.7 Å². The largest absolute Gasteiger partial charge is 0.487 e. The summed E-state index contributed by atoms with van der Waals surface area (Å²) < 4.78 is 6.08. The van der Waals surface area contributed by atoms with Gasteiger partial charge in [0.25, 0.3) is 0 Å². The lowest BCUT2D eigenvalue weighted by atomic mass is 9.98. The summed E-state index contributed by atoms with van der Waals surface area (Å²) in [6, 6.07) is 6.25. The molecule has 2 unspecified atom stereocenters. The molecule has 2 rings (SSSR count). The van der Waals surface area contributed by atoms with Crippen LogP contribution in [-0.4, -0.2) is 18.2 Å². The molecule has 0 bridgehead atoms. The van der Waals surface area contributed by atoms with Crippen molar-refractivity contribution in [3.05, 3.63) is 29.3 Å². The Balaban J connectivity index is 2.31. The third-order valence-electron chi connectivity index (χ3n) is 3.43. The second kappa shape index (κ2) is 5.24. The molecule has 1 aliphatic rings. The zero-order valence-corrected chi connectivity index (χ0v) is 11.9. The second-order valence-corrected chi connectivity index (χ2v) is 5.72. The van der Waals surface area contributed by atoms with Crippen LogP contribution >= 0.6 is 0 Å². The molecule has 1 aromatic rings. The summed E-state index contributed by atoms with van der Waals surface area (Å²) in [6.45, 7) is 6.65. The van der Waals surface area contributed by atoms with Crippen LogP contribution in [0.15, 0.2) is 18.2 Å². The van der Waals surface area contributed by atoms with Gasteiger partial charge >= 0.3 is 0 Å². The molecule has 0 fully saturated rings. The molecule has 0 aliphatic carbocycles. The summed E-state index contributed by atoms with van der Waals surface area (Å²) in [7, 11) is 0. The van der Waals surface area contributed by atoms with Gasteiger partial charge in [0.15, 0.2) is 0 Å². The van der Waals surface area contributed by atoms with Crippen molar-refractivity contribution < 1.29 is 4.74 Å². The predicted molar refractivity (Wildman–Crippen MR) is 78.1 cm³/mol. The number of benzene rings is 1. The molecular formula is C16H22N2O. The Labute approximate surface area is 115 Å². The third-order valence-corrected chi connectivity index (χ3v) is 3.43. The average Bonchev–Trinajstić information content (AvgIpc) is 2.69. The smallest absolute Gasteiger partial charge is 0.128 e. The molecule has 0 saturated carbocycles. The number of fused-ring (bicyclic) bond motifs is 1. The van der Waals surface area contributed by atoms with E-state index in [2.05, 4.69) is 43.3 Å². The Bertz CT molecular complexity index is 502. The first-order valence-corrected chi connectivity index (χ1v) is 6.70. The predicted octanol–water partition coefficient (Wildman–Crippen LogP) is 2.01. The van der Waals surface area contributed by atoms with E-state index in [1.165, 1.54) is 5.56 Å². The number of nitrogens with one attached hydrogen (secondary N) is 1. The number of terminal acetylenes is 1. The average molecular weight is 258 g/mol. The van der Waals surface area contributed by atoms with Gasteiger partial charge in [-0.2, -0.15) is 0 Å². The van der Waals surface area contributed by atoms with Crippen LogP contribution in [0.2, 0.25) is 0 Å². The normalized spacial score (nSPS) is 19.1. The Morgan fingerprint density at radius 1 is 1.53 bits per heavy atom. The van der Waals surface area contributed by atoms with E-state index in [1.54, 1.807) is 0 Å². The van der Waals surface area contributed by atoms with Crippen molar-refractivity contribution in [1.29, 1.82) is 0 Å². The Morgan fingerprint density at radius 2 is 2.26 bits per heavy atom. The molecule has 3 nitrogen and oxygen atoms in total. The van der Waals surface area contributed by atoms with Gasteiger partial charge in [-0.3, -0.25) is 5.32 Å². The quantitative estimate of drug-likeness (QED) is 0.812. The molecule has 1 aromatic carbocycles. The van der Waals surface area contributed by atoms with Crippen molar-refractivity contribution in [2.45, 2.75) is 44.9 Å². The molecule has 0 amide bonds. The topological polar surface area (TPSA) is 47.3 Å². The lowest BCUT2D eigenvalue weighted by Crippen LogP contribution is -2.34. The fraction of sp³-hybridized carbons (Fsp3) is 0.500. The highest BCUT2D eigenvalue weighted by Crippen LogP contribution is 2.39. The van der Waals surface area contributed by atoms with Crippen LogP contribution in [0.3, 0.4) is 0 Å². The number of para-hydroxylation sites is 1. The fourth-order valence-corrected chi connectivity index (χ4v) is 2.55. The first-order valence-electron chi connectivity index (χ1n) is 6.70. The zero-order chi connectivity index (χ0) is 14.0. The van der Waals surface area contributed by atoms with Crippen LogP contribution in [-0.2, 0) is 6.42 Å². The standard InChI is InChI=1S/C16H22N2O/c1-5-11(2)18-14(10-17)13-8-6-7-12-9-16(3,4)19-15(12)13/h1,6-8,11,14,18H,9-10,17H2,2-4H3. The number of rotatable bonds is 4. The van der Waals surface area contributed by atoms with Crippen molar-refractivity contribution in [2.24, 2.45) is 5.73 Å². The van der Waals surface area contributed by atoms with E-state index in [4.69, 9.17) is 16.9 Å². The first kappa shape index (κ1) is 13.9. The van der Waals surface area contributed by atoms with E-state index < -0.39 is 0 Å². The molecule has 0 aromatic heterocycles. The van der Waals surface area contributed by atoms with Gasteiger partial charge in [-0.15, -0.1) is 6.42 Å². The van der Waals surface area contributed by atoms with Gasteiger partial charge in [0.05, 0.1) is 6.04 Å². The maximum absolute atomic E-state index is 6.08. The van der Waals surface area contributed by atoms with E-state index >= 15 is 0 Å². The summed E-state index contributed by atoms with van der Waals surface area (Å²) in [5, 5.41) is 3.35. The van der Waals surface area contributed by atoms with E-state index in [0.717, 1.165) is 17.7 Å². The van der Waals surface area contributed by atoms with E-state index in [1.807, 2.05) is 6.92 Å². The van der Waals surface area contributed by atoms with Crippen LogP contribution < -0.4 is 15.8 Å². The number of hydrogen-bond acceptors (Lipinski definition) is 3. The maximum atomic E-state index is 6.08.